The normalized spacial score (nSPS) is 14.8. The number of nitrogen functional groups attached to an aromatic ring is 1. The van der Waals surface area contributed by atoms with Crippen molar-refractivity contribution in [3.05, 3.63) is 24.0 Å². The number of anilines is 1. The largest absolute Gasteiger partial charge is 0.399 e. The van der Waals surface area contributed by atoms with Gasteiger partial charge in [0, 0.05) is 16.1 Å². The van der Waals surface area contributed by atoms with Crippen LogP contribution in [-0.2, 0) is 15.6 Å². The lowest BCUT2D eigenvalue weighted by Crippen LogP contribution is -2.46. The fourth-order valence-corrected chi connectivity index (χ4v) is 2.62. The minimum Gasteiger partial charge on any atom is -0.399 e. The van der Waals surface area contributed by atoms with Crippen LogP contribution in [0.2, 0.25) is 0 Å². The van der Waals surface area contributed by atoms with Crippen molar-refractivity contribution < 1.29 is 13.4 Å². The first-order chi connectivity index (χ1) is 8.60. The highest BCUT2D eigenvalue weighted by Crippen LogP contribution is 2.17. The molecule has 2 atom stereocenters. The van der Waals surface area contributed by atoms with Gasteiger partial charge in [-0.15, -0.1) is 0 Å². The van der Waals surface area contributed by atoms with E-state index < -0.39 is 27.4 Å². The lowest BCUT2D eigenvalue weighted by molar-refractivity contribution is -0.121. The highest BCUT2D eigenvalue weighted by molar-refractivity contribution is 7.86. The summed E-state index contributed by atoms with van der Waals surface area (Å²) in [6.07, 6.45) is 0. The van der Waals surface area contributed by atoms with Crippen molar-refractivity contribution in [1.82, 2.24) is 5.32 Å². The van der Waals surface area contributed by atoms with Crippen LogP contribution in [0.4, 0.5) is 10.1 Å². The van der Waals surface area contributed by atoms with E-state index >= 15 is 0 Å². The maximum Gasteiger partial charge on any atom is 0.236 e. The SMILES string of the molecule is CC(C(=O)NC(C)(C)C)S(=O)c1cc(N)cc(F)c1. The monoisotopic (exact) mass is 286 g/mol. The van der Waals surface area contributed by atoms with E-state index in [1.807, 2.05) is 20.8 Å². The molecule has 2 unspecified atom stereocenters. The molecule has 0 heterocycles. The summed E-state index contributed by atoms with van der Waals surface area (Å²) in [6, 6.07) is 3.69. The molecule has 0 aliphatic rings. The Morgan fingerprint density at radius 3 is 2.42 bits per heavy atom. The summed E-state index contributed by atoms with van der Waals surface area (Å²) in [7, 11) is -1.65. The number of carbonyl (C=O) groups excluding carboxylic acids is 1. The molecular weight excluding hydrogens is 267 g/mol. The predicted octanol–water partition coefficient (Wildman–Crippen LogP) is 1.82. The van der Waals surface area contributed by atoms with Crippen molar-refractivity contribution in [2.75, 3.05) is 5.73 Å². The number of amides is 1. The van der Waals surface area contributed by atoms with Gasteiger partial charge in [0.2, 0.25) is 5.91 Å². The number of carbonyl (C=O) groups is 1. The van der Waals surface area contributed by atoms with Crippen LogP contribution < -0.4 is 11.1 Å². The first-order valence-electron chi connectivity index (χ1n) is 5.89. The Balaban J connectivity index is 2.90. The Hall–Kier alpha value is -1.43. The Morgan fingerprint density at radius 2 is 1.95 bits per heavy atom. The predicted molar refractivity (Wildman–Crippen MR) is 74.6 cm³/mol. The maximum atomic E-state index is 13.2. The zero-order valence-corrected chi connectivity index (χ0v) is 12.3. The zero-order valence-electron chi connectivity index (χ0n) is 11.5. The Kier molecular flexibility index (Phi) is 4.68. The molecule has 0 aliphatic heterocycles. The van der Waals surface area contributed by atoms with E-state index in [0.717, 1.165) is 12.1 Å². The number of nitrogens with one attached hydrogen (secondary N) is 1. The molecule has 3 N–H and O–H groups in total. The molecule has 6 heteroatoms. The van der Waals surface area contributed by atoms with Crippen LogP contribution in [-0.4, -0.2) is 20.9 Å². The van der Waals surface area contributed by atoms with Gasteiger partial charge in [-0.05, 0) is 45.9 Å². The summed E-state index contributed by atoms with van der Waals surface area (Å²) in [5.74, 6) is -0.902. The molecule has 1 aromatic carbocycles. The Bertz CT molecular complexity index is 492. The van der Waals surface area contributed by atoms with Gasteiger partial charge >= 0.3 is 0 Å². The number of halogens is 1. The molecule has 4 nitrogen and oxygen atoms in total. The van der Waals surface area contributed by atoms with Gasteiger partial charge in [-0.2, -0.15) is 0 Å². The van der Waals surface area contributed by atoms with Crippen molar-refractivity contribution in [3.63, 3.8) is 0 Å². The van der Waals surface area contributed by atoms with Gasteiger partial charge in [0.15, 0.2) is 0 Å². The quantitative estimate of drug-likeness (QED) is 0.833. The van der Waals surface area contributed by atoms with Crippen molar-refractivity contribution in [2.24, 2.45) is 0 Å². The number of hydrogen-bond acceptors (Lipinski definition) is 3. The summed E-state index contributed by atoms with van der Waals surface area (Å²) in [6.45, 7) is 7.04. The van der Waals surface area contributed by atoms with Crippen molar-refractivity contribution in [1.29, 1.82) is 0 Å². The van der Waals surface area contributed by atoms with E-state index in [9.17, 15) is 13.4 Å². The van der Waals surface area contributed by atoms with Crippen LogP contribution in [0.1, 0.15) is 27.7 Å². The van der Waals surface area contributed by atoms with Crippen LogP contribution in [0, 0.1) is 5.82 Å². The zero-order chi connectivity index (χ0) is 14.8. The lowest BCUT2D eigenvalue weighted by atomic mass is 10.1. The molecule has 19 heavy (non-hydrogen) atoms. The molecule has 0 saturated carbocycles. The summed E-state index contributed by atoms with van der Waals surface area (Å²) in [4.78, 5) is 12.1. The third-order valence-electron chi connectivity index (χ3n) is 2.31. The second-order valence-corrected chi connectivity index (χ2v) is 7.17. The van der Waals surface area contributed by atoms with E-state index in [-0.39, 0.29) is 16.5 Å². The van der Waals surface area contributed by atoms with Crippen LogP contribution in [0.3, 0.4) is 0 Å². The summed E-state index contributed by atoms with van der Waals surface area (Å²) < 4.78 is 25.4. The topological polar surface area (TPSA) is 72.2 Å². The third-order valence-corrected chi connectivity index (χ3v) is 3.87. The van der Waals surface area contributed by atoms with Gasteiger partial charge in [0.05, 0.1) is 10.8 Å². The number of benzene rings is 1. The van der Waals surface area contributed by atoms with E-state index in [1.54, 1.807) is 0 Å². The third kappa shape index (κ3) is 4.63. The highest BCUT2D eigenvalue weighted by Gasteiger charge is 2.25. The average molecular weight is 286 g/mol. The lowest BCUT2D eigenvalue weighted by Gasteiger charge is -2.23. The standard InChI is InChI=1S/C13H19FN2O2S/c1-8(12(17)16-13(2,3)4)19(18)11-6-9(14)5-10(15)7-11/h5-8H,15H2,1-4H3,(H,16,17). The molecule has 0 saturated heterocycles. The minimum absolute atomic E-state index is 0.187. The van der Waals surface area contributed by atoms with Gasteiger partial charge in [-0.25, -0.2) is 4.39 Å². The summed E-state index contributed by atoms with van der Waals surface area (Å²) in [5.41, 5.74) is 5.28. The minimum atomic E-state index is -1.65. The Morgan fingerprint density at radius 1 is 1.37 bits per heavy atom. The van der Waals surface area contributed by atoms with E-state index in [1.165, 1.54) is 13.0 Å². The number of rotatable bonds is 3. The van der Waals surface area contributed by atoms with E-state index in [4.69, 9.17) is 5.73 Å². The molecular formula is C13H19FN2O2S. The van der Waals surface area contributed by atoms with Gasteiger partial charge in [-0.1, -0.05) is 0 Å². The van der Waals surface area contributed by atoms with Gasteiger partial charge in [0.1, 0.15) is 11.1 Å². The molecule has 0 fully saturated rings. The fourth-order valence-electron chi connectivity index (χ4n) is 1.47. The molecule has 0 spiro atoms. The summed E-state index contributed by atoms with van der Waals surface area (Å²) in [5, 5.41) is 1.96. The van der Waals surface area contributed by atoms with Crippen LogP contribution in [0.25, 0.3) is 0 Å². The molecule has 0 aliphatic carbocycles. The highest BCUT2D eigenvalue weighted by atomic mass is 32.2. The molecule has 106 valence electrons. The number of hydrogen-bond donors (Lipinski definition) is 2. The van der Waals surface area contributed by atoms with Crippen molar-refractivity contribution in [3.8, 4) is 0 Å². The number of nitrogens with two attached hydrogens (primary N) is 1. The molecule has 1 amide bonds. The van der Waals surface area contributed by atoms with Crippen LogP contribution in [0.15, 0.2) is 23.1 Å². The van der Waals surface area contributed by atoms with Crippen molar-refractivity contribution >= 4 is 22.4 Å². The Labute approximate surface area is 115 Å². The van der Waals surface area contributed by atoms with Crippen LogP contribution >= 0.6 is 0 Å². The first kappa shape index (κ1) is 15.6. The summed E-state index contributed by atoms with van der Waals surface area (Å²) >= 11 is 0. The van der Waals surface area contributed by atoms with Gasteiger partial charge in [-0.3, -0.25) is 9.00 Å². The second-order valence-electron chi connectivity index (χ2n) is 5.40. The van der Waals surface area contributed by atoms with Crippen LogP contribution in [0.5, 0.6) is 0 Å². The smallest absolute Gasteiger partial charge is 0.236 e. The molecule has 0 radical (unpaired) electrons. The first-order valence-corrected chi connectivity index (χ1v) is 7.10. The second kappa shape index (κ2) is 5.69. The van der Waals surface area contributed by atoms with Gasteiger partial charge in [0.25, 0.3) is 0 Å². The molecule has 0 aromatic heterocycles. The van der Waals surface area contributed by atoms with Crippen molar-refractivity contribution in [2.45, 2.75) is 43.4 Å². The fraction of sp³-hybridized carbons (Fsp3) is 0.462. The average Bonchev–Trinajstić information content (AvgIpc) is 2.23. The molecule has 1 aromatic rings. The van der Waals surface area contributed by atoms with Gasteiger partial charge < -0.3 is 11.1 Å². The van der Waals surface area contributed by atoms with E-state index in [2.05, 4.69) is 5.32 Å². The molecule has 0 bridgehead atoms. The van der Waals surface area contributed by atoms with E-state index in [0.29, 0.717) is 0 Å². The maximum absolute atomic E-state index is 13.2. The molecule has 1 rings (SSSR count).